The highest BCUT2D eigenvalue weighted by Crippen LogP contribution is 2.29. The summed E-state index contributed by atoms with van der Waals surface area (Å²) in [7, 11) is -3.77. The Morgan fingerprint density at radius 1 is 1.21 bits per heavy atom. The number of hydrogen-bond donors (Lipinski definition) is 1. The standard InChI is InChI=1S/C11H9ClN4O2S/c1-2-19(17,18)11-9(10(12)14-16-15-11)13-8-6-4-3-5-7-8/h2-7H,1H2,(H,13,16). The molecule has 1 aromatic carbocycles. The van der Waals surface area contributed by atoms with E-state index in [1.54, 1.807) is 24.3 Å². The SMILES string of the molecule is C=CS(=O)(=O)c1nnnc(Cl)c1Nc1ccccc1. The first kappa shape index (κ1) is 13.4. The van der Waals surface area contributed by atoms with Crippen LogP contribution < -0.4 is 5.32 Å². The van der Waals surface area contributed by atoms with Gasteiger partial charge in [0.1, 0.15) is 5.69 Å². The summed E-state index contributed by atoms with van der Waals surface area (Å²) in [5.41, 5.74) is 0.725. The van der Waals surface area contributed by atoms with Crippen molar-refractivity contribution in [3.63, 3.8) is 0 Å². The second-order valence-electron chi connectivity index (χ2n) is 3.46. The molecule has 2 rings (SSSR count). The van der Waals surface area contributed by atoms with E-state index in [1.165, 1.54) is 0 Å². The minimum Gasteiger partial charge on any atom is -0.351 e. The van der Waals surface area contributed by atoms with Crippen LogP contribution in [-0.4, -0.2) is 23.8 Å². The number of anilines is 2. The van der Waals surface area contributed by atoms with Crippen LogP contribution in [0.15, 0.2) is 47.3 Å². The molecule has 1 N–H and O–H groups in total. The van der Waals surface area contributed by atoms with Crippen LogP contribution in [0.3, 0.4) is 0 Å². The van der Waals surface area contributed by atoms with Crippen molar-refractivity contribution in [1.29, 1.82) is 0 Å². The first-order valence-corrected chi connectivity index (χ1v) is 7.05. The second-order valence-corrected chi connectivity index (χ2v) is 5.63. The Hall–Kier alpha value is -1.99. The summed E-state index contributed by atoms with van der Waals surface area (Å²) in [5, 5.41) is 13.6. The van der Waals surface area contributed by atoms with Crippen molar-refractivity contribution in [1.82, 2.24) is 15.4 Å². The van der Waals surface area contributed by atoms with Crippen LogP contribution in [0.1, 0.15) is 0 Å². The van der Waals surface area contributed by atoms with E-state index >= 15 is 0 Å². The lowest BCUT2D eigenvalue weighted by Crippen LogP contribution is -2.08. The smallest absolute Gasteiger partial charge is 0.220 e. The van der Waals surface area contributed by atoms with Gasteiger partial charge in [-0.15, -0.1) is 10.2 Å². The van der Waals surface area contributed by atoms with Crippen LogP contribution in [0, 0.1) is 0 Å². The zero-order chi connectivity index (χ0) is 13.9. The maximum atomic E-state index is 11.8. The van der Waals surface area contributed by atoms with Gasteiger partial charge in [0.05, 0.1) is 0 Å². The Kier molecular flexibility index (Phi) is 3.77. The Morgan fingerprint density at radius 3 is 2.53 bits per heavy atom. The van der Waals surface area contributed by atoms with Gasteiger partial charge in [0, 0.05) is 11.1 Å². The van der Waals surface area contributed by atoms with E-state index < -0.39 is 9.84 Å². The lowest BCUT2D eigenvalue weighted by atomic mass is 10.3. The minimum absolute atomic E-state index is 0.0720. The Bertz CT molecular complexity index is 704. The van der Waals surface area contributed by atoms with E-state index in [1.807, 2.05) is 6.07 Å². The van der Waals surface area contributed by atoms with Crippen LogP contribution in [0.25, 0.3) is 0 Å². The summed E-state index contributed by atoms with van der Waals surface area (Å²) >= 11 is 5.87. The molecule has 0 atom stereocenters. The summed E-state index contributed by atoms with van der Waals surface area (Å²) in [4.78, 5) is 0. The van der Waals surface area contributed by atoms with Gasteiger partial charge in [-0.1, -0.05) is 36.4 Å². The lowest BCUT2D eigenvalue weighted by Gasteiger charge is -2.09. The molecule has 98 valence electrons. The first-order chi connectivity index (χ1) is 9.04. The number of nitrogens with one attached hydrogen (secondary N) is 1. The molecule has 0 aliphatic rings. The van der Waals surface area contributed by atoms with Crippen LogP contribution in [0.2, 0.25) is 5.15 Å². The van der Waals surface area contributed by atoms with E-state index in [-0.39, 0.29) is 15.9 Å². The largest absolute Gasteiger partial charge is 0.351 e. The molecule has 0 saturated carbocycles. The molecule has 1 heterocycles. The molecule has 0 saturated heterocycles. The maximum absolute atomic E-state index is 11.8. The minimum atomic E-state index is -3.77. The molecule has 0 aliphatic carbocycles. The van der Waals surface area contributed by atoms with Gasteiger partial charge in [-0.3, -0.25) is 0 Å². The van der Waals surface area contributed by atoms with Crippen LogP contribution in [0.5, 0.6) is 0 Å². The Labute approximate surface area is 115 Å². The average Bonchev–Trinajstić information content (AvgIpc) is 2.42. The van der Waals surface area contributed by atoms with Crippen molar-refractivity contribution in [2.24, 2.45) is 0 Å². The van der Waals surface area contributed by atoms with Gasteiger partial charge in [-0.25, -0.2) is 8.42 Å². The predicted octanol–water partition coefficient (Wildman–Crippen LogP) is 2.19. The molecule has 2 aromatic rings. The number of para-hydroxylation sites is 1. The monoisotopic (exact) mass is 296 g/mol. The summed E-state index contributed by atoms with van der Waals surface area (Å²) < 4.78 is 23.6. The van der Waals surface area contributed by atoms with Crippen molar-refractivity contribution in [2.45, 2.75) is 5.03 Å². The Balaban J connectivity index is 2.54. The van der Waals surface area contributed by atoms with Gasteiger partial charge in [-0.05, 0) is 17.3 Å². The molecule has 0 bridgehead atoms. The molecule has 0 unspecified atom stereocenters. The van der Waals surface area contributed by atoms with Crippen molar-refractivity contribution < 1.29 is 8.42 Å². The van der Waals surface area contributed by atoms with Gasteiger partial charge < -0.3 is 5.32 Å². The van der Waals surface area contributed by atoms with Gasteiger partial charge in [0.25, 0.3) is 0 Å². The second kappa shape index (κ2) is 5.33. The van der Waals surface area contributed by atoms with E-state index in [0.717, 1.165) is 5.41 Å². The fourth-order valence-corrected chi connectivity index (χ4v) is 2.31. The van der Waals surface area contributed by atoms with E-state index in [2.05, 4.69) is 27.3 Å². The average molecular weight is 297 g/mol. The van der Waals surface area contributed by atoms with Gasteiger partial charge in [0.2, 0.25) is 14.9 Å². The fourth-order valence-electron chi connectivity index (χ4n) is 1.34. The van der Waals surface area contributed by atoms with Gasteiger partial charge in [0.15, 0.2) is 5.15 Å². The van der Waals surface area contributed by atoms with Crippen molar-refractivity contribution in [3.05, 3.63) is 47.5 Å². The number of benzene rings is 1. The van der Waals surface area contributed by atoms with Crippen LogP contribution in [0.4, 0.5) is 11.4 Å². The highest BCUT2D eigenvalue weighted by molar-refractivity contribution is 7.94. The topological polar surface area (TPSA) is 84.8 Å². The summed E-state index contributed by atoms with van der Waals surface area (Å²) in [6.07, 6.45) is 0. The Morgan fingerprint density at radius 2 is 1.89 bits per heavy atom. The summed E-state index contributed by atoms with van der Waals surface area (Å²) in [6, 6.07) is 8.92. The number of sulfone groups is 1. The third-order valence-electron chi connectivity index (χ3n) is 2.22. The third-order valence-corrected chi connectivity index (χ3v) is 3.75. The lowest BCUT2D eigenvalue weighted by molar-refractivity contribution is 0.597. The third kappa shape index (κ3) is 2.88. The molecular weight excluding hydrogens is 288 g/mol. The van der Waals surface area contributed by atoms with Crippen LogP contribution in [-0.2, 0) is 9.84 Å². The maximum Gasteiger partial charge on any atom is 0.220 e. The molecule has 19 heavy (non-hydrogen) atoms. The predicted molar refractivity (Wildman–Crippen MR) is 71.9 cm³/mol. The fraction of sp³-hybridized carbons (Fsp3) is 0. The number of halogens is 1. The van der Waals surface area contributed by atoms with Crippen molar-refractivity contribution in [3.8, 4) is 0 Å². The van der Waals surface area contributed by atoms with E-state index in [9.17, 15) is 8.42 Å². The zero-order valence-electron chi connectivity index (χ0n) is 9.62. The number of nitrogens with zero attached hydrogens (tertiary/aromatic N) is 3. The first-order valence-electron chi connectivity index (χ1n) is 5.13. The van der Waals surface area contributed by atoms with Crippen LogP contribution >= 0.6 is 11.6 Å². The molecule has 1 aromatic heterocycles. The number of aromatic nitrogens is 3. The van der Waals surface area contributed by atoms with Crippen molar-refractivity contribution in [2.75, 3.05) is 5.32 Å². The molecule has 6 nitrogen and oxygen atoms in total. The zero-order valence-corrected chi connectivity index (χ0v) is 11.2. The molecule has 8 heteroatoms. The molecule has 0 amide bonds. The molecule has 0 aliphatic heterocycles. The highest BCUT2D eigenvalue weighted by atomic mass is 35.5. The molecule has 0 fully saturated rings. The van der Waals surface area contributed by atoms with E-state index in [4.69, 9.17) is 11.6 Å². The molecular formula is C11H9ClN4O2S. The van der Waals surface area contributed by atoms with E-state index in [0.29, 0.717) is 5.69 Å². The molecule has 0 radical (unpaired) electrons. The summed E-state index contributed by atoms with van der Waals surface area (Å²) in [6.45, 7) is 3.24. The summed E-state index contributed by atoms with van der Waals surface area (Å²) in [5.74, 6) is 0. The van der Waals surface area contributed by atoms with Crippen molar-refractivity contribution >= 4 is 32.8 Å². The highest BCUT2D eigenvalue weighted by Gasteiger charge is 2.21. The number of rotatable bonds is 4. The normalized spacial score (nSPS) is 11.0. The quantitative estimate of drug-likeness (QED) is 0.931. The molecule has 0 spiro atoms. The van der Waals surface area contributed by atoms with Gasteiger partial charge >= 0.3 is 0 Å². The van der Waals surface area contributed by atoms with Gasteiger partial charge in [-0.2, -0.15) is 0 Å². The number of hydrogen-bond acceptors (Lipinski definition) is 6.